The van der Waals surface area contributed by atoms with Crippen molar-refractivity contribution in [3.63, 3.8) is 0 Å². The number of rotatable bonds is 10. The molecule has 250 valence electrons. The Kier molecular flexibility index (Phi) is 10.2. The molecule has 2 heterocycles. The minimum Gasteiger partial charge on any atom is -0.493 e. The fourth-order valence-electron chi connectivity index (χ4n) is 7.65. The molecule has 4 atom stereocenters. The number of aliphatic hydroxyl groups excluding tert-OH is 1. The highest BCUT2D eigenvalue weighted by Crippen LogP contribution is 2.42. The zero-order valence-corrected chi connectivity index (χ0v) is 27.5. The number of ether oxygens (including phenoxy) is 1. The third-order valence-corrected chi connectivity index (χ3v) is 10.5. The van der Waals surface area contributed by atoms with Crippen molar-refractivity contribution in [2.75, 3.05) is 6.61 Å². The highest BCUT2D eigenvalue weighted by Gasteiger charge is 2.53. The number of halogens is 3. The summed E-state index contributed by atoms with van der Waals surface area (Å²) in [6, 6.07) is 16.7. The minimum absolute atomic E-state index is 0.148. The van der Waals surface area contributed by atoms with Gasteiger partial charge in [-0.2, -0.15) is 8.78 Å². The van der Waals surface area contributed by atoms with Gasteiger partial charge in [0.25, 0.3) is 11.8 Å². The first kappa shape index (κ1) is 33.4. The molecule has 2 saturated heterocycles. The lowest BCUT2D eigenvalue weighted by atomic mass is 9.90. The van der Waals surface area contributed by atoms with Gasteiger partial charge in [-0.1, -0.05) is 86.3 Å². The summed E-state index contributed by atoms with van der Waals surface area (Å²) in [7, 11) is 0. The molecular weight excluding hydrogens is 622 g/mol. The van der Waals surface area contributed by atoms with Crippen LogP contribution in [0.15, 0.2) is 72.8 Å². The van der Waals surface area contributed by atoms with Gasteiger partial charge in [-0.3, -0.25) is 9.59 Å². The average Bonchev–Trinajstić information content (AvgIpc) is 3.36. The van der Waals surface area contributed by atoms with E-state index >= 15 is 8.78 Å². The topological polar surface area (TPSA) is 78.9 Å². The molecule has 6 rings (SSSR count). The van der Waals surface area contributed by atoms with Gasteiger partial charge in [0.15, 0.2) is 12.1 Å². The van der Waals surface area contributed by atoms with Crippen LogP contribution >= 0.6 is 11.6 Å². The van der Waals surface area contributed by atoms with Crippen molar-refractivity contribution in [3.05, 3.63) is 88.9 Å². The molecule has 3 fully saturated rings. The average molecular weight is 665 g/mol. The van der Waals surface area contributed by atoms with Crippen LogP contribution in [0.3, 0.4) is 0 Å². The number of amides is 2. The summed E-state index contributed by atoms with van der Waals surface area (Å²) in [5, 5.41) is 13.8. The van der Waals surface area contributed by atoms with Crippen LogP contribution in [-0.4, -0.2) is 46.6 Å². The number of carbonyl (C=O) groups excluding carboxylic acids is 2. The quantitative estimate of drug-likeness (QED) is 0.230. The summed E-state index contributed by atoms with van der Waals surface area (Å²) in [5.74, 6) is -4.12. The number of nitrogens with zero attached hydrogens (tertiary/aromatic N) is 1. The van der Waals surface area contributed by atoms with Crippen LogP contribution in [0.1, 0.15) is 81.9 Å². The van der Waals surface area contributed by atoms with Gasteiger partial charge in [0, 0.05) is 22.7 Å². The first-order chi connectivity index (χ1) is 22.6. The number of nitrogens with one attached hydrogen (secondary N) is 1. The molecule has 1 saturated carbocycles. The van der Waals surface area contributed by atoms with Gasteiger partial charge >= 0.3 is 5.92 Å². The summed E-state index contributed by atoms with van der Waals surface area (Å²) in [6.45, 7) is 2.73. The fourth-order valence-corrected chi connectivity index (χ4v) is 7.77. The fraction of sp³-hybridized carbons (Fsp3) is 0.474. The summed E-state index contributed by atoms with van der Waals surface area (Å²) >= 11 is 6.00. The second-order valence-corrected chi connectivity index (χ2v) is 14.1. The SMILES string of the molecule is CC1CC2CCC(C1)N2C(=O)C(NC(=O)C(O)c1ccc(OCC2CCCCC2)cc1)C(F)(F)c1ccc(-c2ccc(Cl)cc2)cc1. The van der Waals surface area contributed by atoms with Crippen molar-refractivity contribution in [1.29, 1.82) is 0 Å². The number of hydrogen-bond acceptors (Lipinski definition) is 4. The molecule has 2 N–H and O–H groups in total. The second kappa shape index (κ2) is 14.3. The third kappa shape index (κ3) is 7.49. The smallest absolute Gasteiger partial charge is 0.302 e. The number of carbonyl (C=O) groups is 2. The van der Waals surface area contributed by atoms with Crippen LogP contribution in [-0.2, 0) is 15.5 Å². The van der Waals surface area contributed by atoms with E-state index in [1.165, 1.54) is 31.4 Å². The summed E-state index contributed by atoms with van der Waals surface area (Å²) < 4.78 is 38.9. The van der Waals surface area contributed by atoms with Gasteiger partial charge < -0.3 is 20.1 Å². The van der Waals surface area contributed by atoms with E-state index in [4.69, 9.17) is 16.3 Å². The van der Waals surface area contributed by atoms with Gasteiger partial charge in [0.1, 0.15) is 5.75 Å². The molecule has 4 unspecified atom stereocenters. The Labute approximate surface area is 280 Å². The maximum atomic E-state index is 16.5. The number of aliphatic hydroxyl groups is 1. The number of benzene rings is 3. The molecule has 0 aromatic heterocycles. The summed E-state index contributed by atoms with van der Waals surface area (Å²) in [4.78, 5) is 29.1. The molecule has 2 aliphatic heterocycles. The van der Waals surface area contributed by atoms with E-state index in [2.05, 4.69) is 12.2 Å². The Morgan fingerprint density at radius 1 is 0.894 bits per heavy atom. The Hall–Kier alpha value is -3.49. The van der Waals surface area contributed by atoms with Crippen LogP contribution in [0.4, 0.5) is 8.78 Å². The highest BCUT2D eigenvalue weighted by molar-refractivity contribution is 6.30. The minimum atomic E-state index is -3.76. The van der Waals surface area contributed by atoms with Crippen molar-refractivity contribution in [3.8, 4) is 16.9 Å². The molecule has 3 aromatic carbocycles. The number of piperidine rings is 1. The predicted octanol–water partition coefficient (Wildman–Crippen LogP) is 8.07. The lowest BCUT2D eigenvalue weighted by molar-refractivity contribution is -0.155. The van der Waals surface area contributed by atoms with Crippen molar-refractivity contribution >= 4 is 23.4 Å². The molecule has 0 radical (unpaired) electrons. The lowest BCUT2D eigenvalue weighted by Gasteiger charge is -2.41. The zero-order chi connectivity index (χ0) is 33.1. The van der Waals surface area contributed by atoms with Crippen molar-refractivity contribution in [2.24, 2.45) is 11.8 Å². The monoisotopic (exact) mass is 664 g/mol. The first-order valence-electron chi connectivity index (χ1n) is 16.9. The van der Waals surface area contributed by atoms with Crippen molar-refractivity contribution in [2.45, 2.75) is 94.9 Å². The predicted molar refractivity (Wildman–Crippen MR) is 178 cm³/mol. The normalized spacial score (nSPS) is 22.8. The van der Waals surface area contributed by atoms with Gasteiger partial charge in [-0.15, -0.1) is 0 Å². The molecule has 0 spiro atoms. The molecule has 9 heteroatoms. The van der Waals surface area contributed by atoms with E-state index in [-0.39, 0.29) is 17.6 Å². The molecular formula is C38H43ClF2N2O4. The third-order valence-electron chi connectivity index (χ3n) is 10.2. The van der Waals surface area contributed by atoms with Crippen LogP contribution < -0.4 is 10.1 Å². The summed E-state index contributed by atoms with van der Waals surface area (Å²) in [6.07, 6.45) is 7.20. The number of alkyl halides is 2. The molecule has 47 heavy (non-hydrogen) atoms. The highest BCUT2D eigenvalue weighted by atomic mass is 35.5. The van der Waals surface area contributed by atoms with Gasteiger partial charge in [-0.05, 0) is 91.3 Å². The van der Waals surface area contributed by atoms with Gasteiger partial charge in [0.2, 0.25) is 0 Å². The van der Waals surface area contributed by atoms with Crippen LogP contribution in [0.5, 0.6) is 5.75 Å². The van der Waals surface area contributed by atoms with E-state index in [9.17, 15) is 14.7 Å². The van der Waals surface area contributed by atoms with Crippen LogP contribution in [0, 0.1) is 11.8 Å². The second-order valence-electron chi connectivity index (χ2n) is 13.6. The standard InChI is InChI=1S/C38H43ClF2N2O4/c1-24-21-31-17-18-32(22-24)43(31)37(46)35(38(40,41)29-13-7-26(8-14-29)27-9-15-30(39)16-10-27)42-36(45)34(44)28-11-19-33(20-12-28)47-23-25-5-3-2-4-6-25/h7-16,19-20,24-25,31-32,34-35,44H,2-6,17-18,21-23H2,1H3,(H,42,45). The van der Waals surface area contributed by atoms with Crippen molar-refractivity contribution in [1.82, 2.24) is 10.2 Å². The Morgan fingerprint density at radius 2 is 1.47 bits per heavy atom. The Balaban J connectivity index is 1.21. The maximum absolute atomic E-state index is 16.5. The summed E-state index contributed by atoms with van der Waals surface area (Å²) in [5.41, 5.74) is 1.33. The number of fused-ring (bicyclic) bond motifs is 2. The van der Waals surface area contributed by atoms with E-state index in [1.807, 2.05) is 0 Å². The van der Waals surface area contributed by atoms with Crippen LogP contribution in [0.2, 0.25) is 5.02 Å². The molecule has 3 aliphatic rings. The van der Waals surface area contributed by atoms with Gasteiger partial charge in [-0.25, -0.2) is 0 Å². The molecule has 2 bridgehead atoms. The van der Waals surface area contributed by atoms with E-state index < -0.39 is 35.4 Å². The van der Waals surface area contributed by atoms with Crippen molar-refractivity contribution < 1.29 is 28.2 Å². The maximum Gasteiger partial charge on any atom is 0.302 e. The molecule has 6 nitrogen and oxygen atoms in total. The van der Waals surface area contributed by atoms with E-state index in [1.54, 1.807) is 65.6 Å². The molecule has 3 aromatic rings. The van der Waals surface area contributed by atoms with E-state index in [0.717, 1.165) is 44.1 Å². The zero-order valence-electron chi connectivity index (χ0n) is 26.7. The van der Waals surface area contributed by atoms with E-state index in [0.29, 0.717) is 34.8 Å². The van der Waals surface area contributed by atoms with Crippen LogP contribution in [0.25, 0.3) is 11.1 Å². The largest absolute Gasteiger partial charge is 0.493 e. The molecule has 2 amide bonds. The first-order valence-corrected chi connectivity index (χ1v) is 17.3. The number of hydrogen-bond donors (Lipinski definition) is 2. The lowest BCUT2D eigenvalue weighted by Crippen LogP contribution is -2.60. The molecule has 1 aliphatic carbocycles. The van der Waals surface area contributed by atoms with Gasteiger partial charge in [0.05, 0.1) is 6.61 Å². The Morgan fingerprint density at radius 3 is 2.06 bits per heavy atom. The Bertz CT molecular complexity index is 1510.